The summed E-state index contributed by atoms with van der Waals surface area (Å²) in [6.07, 6.45) is 1.48. The zero-order valence-electron chi connectivity index (χ0n) is 6.28. The number of hydrogen-bond donors (Lipinski definition) is 1. The van der Waals surface area contributed by atoms with Gasteiger partial charge >= 0.3 is 9.24 Å². The van der Waals surface area contributed by atoms with E-state index in [-0.39, 0.29) is 5.82 Å². The third-order valence-electron chi connectivity index (χ3n) is 1.23. The van der Waals surface area contributed by atoms with Crippen LogP contribution >= 0.6 is 10.7 Å². The predicted octanol–water partition coefficient (Wildman–Crippen LogP) is 1.29. The molecule has 12 heavy (non-hydrogen) atoms. The second-order valence-electron chi connectivity index (χ2n) is 2.21. The van der Waals surface area contributed by atoms with Gasteiger partial charge in [0.05, 0.1) is 0 Å². The number of halogens is 1. The van der Waals surface area contributed by atoms with Gasteiger partial charge < -0.3 is 0 Å². The third-order valence-corrected chi connectivity index (χ3v) is 1.90. The zero-order chi connectivity index (χ0) is 9.19. The molecule has 0 atom stereocenters. The Morgan fingerprint density at radius 2 is 2.25 bits per heavy atom. The molecule has 0 aliphatic carbocycles. The SMILES string of the molecule is Cc1cccnc1NS(=O)(=O)Cl. The summed E-state index contributed by atoms with van der Waals surface area (Å²) in [7, 11) is 1.22. The minimum absolute atomic E-state index is 0.257. The fraction of sp³-hybridized carbons (Fsp3) is 0.167. The molecule has 0 aromatic carbocycles. The highest BCUT2D eigenvalue weighted by molar-refractivity contribution is 8.14. The fourth-order valence-electron chi connectivity index (χ4n) is 0.708. The summed E-state index contributed by atoms with van der Waals surface area (Å²) < 4.78 is 23.2. The molecular weight excluding hydrogens is 200 g/mol. The van der Waals surface area contributed by atoms with E-state index in [1.165, 1.54) is 6.20 Å². The average molecular weight is 207 g/mol. The lowest BCUT2D eigenvalue weighted by Crippen LogP contribution is -2.06. The summed E-state index contributed by atoms with van der Waals surface area (Å²) in [5, 5.41) is 0. The highest BCUT2D eigenvalue weighted by Gasteiger charge is 2.06. The van der Waals surface area contributed by atoms with Crippen LogP contribution in [0.1, 0.15) is 5.56 Å². The maximum Gasteiger partial charge on any atom is 0.320 e. The average Bonchev–Trinajstić information content (AvgIpc) is 1.91. The molecule has 1 heterocycles. The lowest BCUT2D eigenvalue weighted by Gasteiger charge is -2.02. The van der Waals surface area contributed by atoms with Crippen LogP contribution in [0.5, 0.6) is 0 Å². The van der Waals surface area contributed by atoms with Gasteiger partial charge in [-0.1, -0.05) is 6.07 Å². The monoisotopic (exact) mass is 206 g/mol. The highest BCUT2D eigenvalue weighted by Crippen LogP contribution is 2.12. The van der Waals surface area contributed by atoms with E-state index in [4.69, 9.17) is 10.7 Å². The third kappa shape index (κ3) is 2.67. The van der Waals surface area contributed by atoms with Crippen LogP contribution in [-0.2, 0) is 9.24 Å². The van der Waals surface area contributed by atoms with Crippen LogP contribution in [0.25, 0.3) is 0 Å². The van der Waals surface area contributed by atoms with E-state index in [2.05, 4.69) is 9.71 Å². The van der Waals surface area contributed by atoms with Crippen molar-refractivity contribution >= 4 is 25.7 Å². The van der Waals surface area contributed by atoms with Crippen molar-refractivity contribution in [2.45, 2.75) is 6.92 Å². The molecule has 0 aliphatic heterocycles. The first-order valence-corrected chi connectivity index (χ1v) is 5.44. The molecule has 1 N–H and O–H groups in total. The Kier molecular flexibility index (Phi) is 2.54. The van der Waals surface area contributed by atoms with Crippen molar-refractivity contribution in [1.82, 2.24) is 4.98 Å². The molecule has 1 rings (SSSR count). The van der Waals surface area contributed by atoms with Crippen LogP contribution in [-0.4, -0.2) is 13.4 Å². The largest absolute Gasteiger partial charge is 0.320 e. The van der Waals surface area contributed by atoms with Crippen LogP contribution in [0.2, 0.25) is 0 Å². The zero-order valence-corrected chi connectivity index (χ0v) is 7.85. The topological polar surface area (TPSA) is 59.1 Å². The van der Waals surface area contributed by atoms with Crippen molar-refractivity contribution in [2.24, 2.45) is 0 Å². The maximum absolute atomic E-state index is 10.6. The Labute approximate surface area is 75.1 Å². The van der Waals surface area contributed by atoms with Crippen molar-refractivity contribution in [2.75, 3.05) is 4.72 Å². The van der Waals surface area contributed by atoms with Gasteiger partial charge in [-0.25, -0.2) is 4.98 Å². The van der Waals surface area contributed by atoms with Gasteiger partial charge in [-0.15, -0.1) is 0 Å². The molecule has 6 heteroatoms. The molecule has 0 saturated carbocycles. The standard InChI is InChI=1S/C6H7ClN2O2S/c1-5-3-2-4-8-6(5)9-12(7,10)11/h2-4H,1H3,(H,8,9). The number of hydrogen-bond acceptors (Lipinski definition) is 3. The van der Waals surface area contributed by atoms with Gasteiger partial charge in [0.2, 0.25) is 0 Å². The number of aryl methyl sites for hydroxylation is 1. The van der Waals surface area contributed by atoms with E-state index < -0.39 is 9.24 Å². The van der Waals surface area contributed by atoms with E-state index in [1.54, 1.807) is 19.1 Å². The molecule has 0 bridgehead atoms. The number of rotatable bonds is 2. The number of aromatic nitrogens is 1. The van der Waals surface area contributed by atoms with Gasteiger partial charge in [-0.2, -0.15) is 8.42 Å². The first-order chi connectivity index (χ1) is 5.49. The predicted molar refractivity (Wildman–Crippen MR) is 47.4 cm³/mol. The number of nitrogens with one attached hydrogen (secondary N) is 1. The Morgan fingerprint density at radius 1 is 1.58 bits per heavy atom. The van der Waals surface area contributed by atoms with Gasteiger partial charge in [0.15, 0.2) is 0 Å². The van der Waals surface area contributed by atoms with Crippen molar-refractivity contribution in [1.29, 1.82) is 0 Å². The van der Waals surface area contributed by atoms with Gasteiger partial charge in [0.1, 0.15) is 5.82 Å². The minimum Gasteiger partial charge on any atom is -0.254 e. The minimum atomic E-state index is -3.74. The van der Waals surface area contributed by atoms with Crippen molar-refractivity contribution in [3.63, 3.8) is 0 Å². The number of pyridine rings is 1. The summed E-state index contributed by atoms with van der Waals surface area (Å²) in [5.41, 5.74) is 0.724. The summed E-state index contributed by atoms with van der Waals surface area (Å²) in [6.45, 7) is 1.73. The Balaban J connectivity index is 2.98. The highest BCUT2D eigenvalue weighted by atomic mass is 35.7. The van der Waals surface area contributed by atoms with Gasteiger partial charge in [-0.05, 0) is 18.6 Å². The summed E-state index contributed by atoms with van der Waals surface area (Å²) in [5.74, 6) is 0.257. The maximum atomic E-state index is 10.6. The Bertz CT molecular complexity index is 377. The molecule has 0 spiro atoms. The normalized spacial score (nSPS) is 11.2. The van der Waals surface area contributed by atoms with E-state index in [1.807, 2.05) is 0 Å². The Morgan fingerprint density at radius 3 is 2.75 bits per heavy atom. The van der Waals surface area contributed by atoms with Gasteiger partial charge in [0, 0.05) is 16.9 Å². The Hall–Kier alpha value is -0.810. The van der Waals surface area contributed by atoms with Crippen molar-refractivity contribution < 1.29 is 8.42 Å². The first-order valence-electron chi connectivity index (χ1n) is 3.13. The van der Waals surface area contributed by atoms with Crippen LogP contribution in [0.4, 0.5) is 5.82 Å². The lowest BCUT2D eigenvalue weighted by atomic mass is 10.3. The molecule has 66 valence electrons. The summed E-state index contributed by atoms with van der Waals surface area (Å²) in [4.78, 5) is 3.79. The molecule has 0 saturated heterocycles. The summed E-state index contributed by atoms with van der Waals surface area (Å²) in [6, 6.07) is 3.44. The lowest BCUT2D eigenvalue weighted by molar-refractivity contribution is 0.614. The molecule has 0 radical (unpaired) electrons. The van der Waals surface area contributed by atoms with Gasteiger partial charge in [0.25, 0.3) is 0 Å². The van der Waals surface area contributed by atoms with Crippen LogP contribution in [0.3, 0.4) is 0 Å². The van der Waals surface area contributed by atoms with Crippen LogP contribution in [0, 0.1) is 6.92 Å². The molecule has 0 fully saturated rings. The molecular formula is C6H7ClN2O2S. The van der Waals surface area contributed by atoms with Crippen molar-refractivity contribution in [3.05, 3.63) is 23.9 Å². The molecule has 0 unspecified atom stereocenters. The quantitative estimate of drug-likeness (QED) is 0.742. The van der Waals surface area contributed by atoms with Crippen LogP contribution in [0.15, 0.2) is 18.3 Å². The smallest absolute Gasteiger partial charge is 0.254 e. The van der Waals surface area contributed by atoms with Gasteiger partial charge in [-0.3, -0.25) is 4.72 Å². The van der Waals surface area contributed by atoms with E-state index in [0.29, 0.717) is 0 Å². The number of anilines is 1. The molecule has 1 aromatic heterocycles. The van der Waals surface area contributed by atoms with E-state index >= 15 is 0 Å². The summed E-state index contributed by atoms with van der Waals surface area (Å²) >= 11 is 0. The molecule has 1 aromatic rings. The molecule has 0 amide bonds. The van der Waals surface area contributed by atoms with Crippen LogP contribution < -0.4 is 4.72 Å². The molecule has 4 nitrogen and oxygen atoms in total. The first kappa shape index (κ1) is 9.28. The number of nitrogens with zero attached hydrogens (tertiary/aromatic N) is 1. The fourth-order valence-corrected chi connectivity index (χ4v) is 1.37. The van der Waals surface area contributed by atoms with E-state index in [0.717, 1.165) is 5.56 Å². The second-order valence-corrected chi connectivity index (χ2v) is 4.51. The van der Waals surface area contributed by atoms with Crippen molar-refractivity contribution in [3.8, 4) is 0 Å². The second kappa shape index (κ2) is 3.28. The van der Waals surface area contributed by atoms with E-state index in [9.17, 15) is 8.42 Å². The molecule has 0 aliphatic rings.